The molecule has 0 saturated carbocycles. The fourth-order valence-electron chi connectivity index (χ4n) is 3.66. The summed E-state index contributed by atoms with van der Waals surface area (Å²) in [5.41, 5.74) is 1.95. The summed E-state index contributed by atoms with van der Waals surface area (Å²) in [6.45, 7) is 2.35. The van der Waals surface area contributed by atoms with Crippen LogP contribution in [0.4, 0.5) is 5.82 Å². The monoisotopic (exact) mass is 471 g/mol. The minimum Gasteiger partial charge on any atom is -0.493 e. The van der Waals surface area contributed by atoms with Gasteiger partial charge in [0.15, 0.2) is 16.7 Å². The molecular formula is C23H22ClN3O4S. The van der Waals surface area contributed by atoms with Gasteiger partial charge < -0.3 is 19.8 Å². The van der Waals surface area contributed by atoms with E-state index in [0.717, 1.165) is 11.1 Å². The molecule has 0 bridgehead atoms. The number of carbonyl (C=O) groups excluding carboxylic acids is 1. The zero-order valence-electron chi connectivity index (χ0n) is 17.6. The van der Waals surface area contributed by atoms with Crippen molar-refractivity contribution in [2.45, 2.75) is 30.2 Å². The number of amides is 1. The highest BCUT2D eigenvalue weighted by Crippen LogP contribution is 2.38. The number of hydrogen-bond acceptors (Lipinski definition) is 6. The Morgan fingerprint density at radius 1 is 1.19 bits per heavy atom. The maximum Gasteiger partial charge on any atom is 0.257 e. The van der Waals surface area contributed by atoms with E-state index >= 15 is 0 Å². The van der Waals surface area contributed by atoms with Crippen molar-refractivity contribution in [3.8, 4) is 11.5 Å². The summed E-state index contributed by atoms with van der Waals surface area (Å²) >= 11 is 7.41. The number of rotatable bonds is 7. The molecule has 4 rings (SSSR count). The Kier molecular flexibility index (Phi) is 6.72. The lowest BCUT2D eigenvalue weighted by atomic mass is 9.86. The van der Waals surface area contributed by atoms with E-state index in [4.69, 9.17) is 21.1 Å². The summed E-state index contributed by atoms with van der Waals surface area (Å²) in [5.74, 6) is 1.40. The highest BCUT2D eigenvalue weighted by atomic mass is 35.5. The second-order valence-electron chi connectivity index (χ2n) is 7.20. The summed E-state index contributed by atoms with van der Waals surface area (Å²) in [7, 11) is 1.57. The van der Waals surface area contributed by atoms with Crippen LogP contribution in [0.3, 0.4) is 0 Å². The summed E-state index contributed by atoms with van der Waals surface area (Å²) in [6.07, 6.45) is 0.144. The van der Waals surface area contributed by atoms with Crippen LogP contribution < -0.4 is 20.3 Å². The Balaban J connectivity index is 1.66. The topological polar surface area (TPSA) is 93.3 Å². The van der Waals surface area contributed by atoms with E-state index in [2.05, 4.69) is 15.3 Å². The molecule has 32 heavy (non-hydrogen) atoms. The molecule has 1 amide bonds. The summed E-state index contributed by atoms with van der Waals surface area (Å²) in [4.78, 5) is 32.8. The molecule has 9 heteroatoms. The van der Waals surface area contributed by atoms with Crippen LogP contribution in [0, 0.1) is 0 Å². The molecule has 3 aromatic rings. The Labute approximate surface area is 194 Å². The van der Waals surface area contributed by atoms with Gasteiger partial charge in [-0.2, -0.15) is 0 Å². The van der Waals surface area contributed by atoms with Crippen molar-refractivity contribution < 1.29 is 14.3 Å². The van der Waals surface area contributed by atoms with E-state index < -0.39 is 5.92 Å². The van der Waals surface area contributed by atoms with Crippen molar-refractivity contribution in [1.29, 1.82) is 0 Å². The Hall–Kier alpha value is -2.97. The van der Waals surface area contributed by atoms with E-state index in [0.29, 0.717) is 39.6 Å². The summed E-state index contributed by atoms with van der Waals surface area (Å²) in [5, 5.41) is 3.83. The van der Waals surface area contributed by atoms with Crippen LogP contribution in [-0.2, 0) is 10.5 Å². The number of aromatic nitrogens is 2. The predicted octanol–water partition coefficient (Wildman–Crippen LogP) is 4.60. The molecule has 1 aliphatic heterocycles. The van der Waals surface area contributed by atoms with E-state index in [1.807, 2.05) is 37.3 Å². The average Bonchev–Trinajstić information content (AvgIpc) is 2.77. The Morgan fingerprint density at radius 2 is 2.03 bits per heavy atom. The number of benzene rings is 2. The molecule has 0 radical (unpaired) electrons. The molecular weight excluding hydrogens is 450 g/mol. The van der Waals surface area contributed by atoms with Crippen LogP contribution in [0.5, 0.6) is 11.5 Å². The maximum absolute atomic E-state index is 13.0. The van der Waals surface area contributed by atoms with Gasteiger partial charge in [0.2, 0.25) is 5.91 Å². The smallest absolute Gasteiger partial charge is 0.257 e. The first-order valence-corrected chi connectivity index (χ1v) is 11.5. The number of halogens is 1. The Bertz CT molecular complexity index is 1210. The fraction of sp³-hybridized carbons (Fsp3) is 0.261. The number of aromatic amines is 1. The number of fused-ring (bicyclic) bond motifs is 1. The first-order valence-electron chi connectivity index (χ1n) is 10.1. The molecule has 1 atom stereocenters. The lowest BCUT2D eigenvalue weighted by molar-refractivity contribution is -0.116. The molecule has 2 heterocycles. The second-order valence-corrected chi connectivity index (χ2v) is 8.60. The highest BCUT2D eigenvalue weighted by molar-refractivity contribution is 7.98. The molecule has 0 aliphatic carbocycles. The standard InChI is InChI=1S/C23H22ClN3O4S/c1-3-31-18-10-14(7-8-17(18)30-2)16-11-19(28)25-21-20(16)22(29)27-23(26-21)32-12-13-5-4-6-15(24)9-13/h4-10,16H,3,11-12H2,1-2H3,(H2,25,26,27,28,29)/t16-/m0/s1. The van der Waals surface area contributed by atoms with E-state index in [-0.39, 0.29) is 23.7 Å². The highest BCUT2D eigenvalue weighted by Gasteiger charge is 2.31. The van der Waals surface area contributed by atoms with Gasteiger partial charge in [-0.05, 0) is 42.3 Å². The minimum absolute atomic E-state index is 0.144. The SMILES string of the molecule is CCOc1cc([C@@H]2CC(=O)Nc3nc(SCc4cccc(Cl)c4)[nH]c(=O)c32)ccc1OC. The van der Waals surface area contributed by atoms with E-state index in [9.17, 15) is 9.59 Å². The number of methoxy groups -OCH3 is 1. The largest absolute Gasteiger partial charge is 0.493 e. The molecule has 0 spiro atoms. The van der Waals surface area contributed by atoms with Gasteiger partial charge in [0.1, 0.15) is 5.82 Å². The number of hydrogen-bond donors (Lipinski definition) is 2. The molecule has 0 fully saturated rings. The van der Waals surface area contributed by atoms with Gasteiger partial charge in [0, 0.05) is 23.1 Å². The van der Waals surface area contributed by atoms with Gasteiger partial charge in [-0.3, -0.25) is 9.59 Å². The van der Waals surface area contributed by atoms with E-state index in [1.54, 1.807) is 19.2 Å². The number of anilines is 1. The first-order chi connectivity index (χ1) is 15.5. The number of nitrogens with one attached hydrogen (secondary N) is 2. The van der Waals surface area contributed by atoms with Crippen LogP contribution in [0.25, 0.3) is 0 Å². The molecule has 1 aromatic heterocycles. The third-order valence-corrected chi connectivity index (χ3v) is 6.26. The Morgan fingerprint density at radius 3 is 2.78 bits per heavy atom. The molecule has 166 valence electrons. The molecule has 0 unspecified atom stereocenters. The number of carbonyl (C=O) groups is 1. The van der Waals surface area contributed by atoms with Crippen molar-refractivity contribution >= 4 is 35.1 Å². The van der Waals surface area contributed by atoms with Gasteiger partial charge in [0.25, 0.3) is 5.56 Å². The molecule has 2 aromatic carbocycles. The van der Waals surface area contributed by atoms with Crippen LogP contribution in [-0.4, -0.2) is 29.6 Å². The third kappa shape index (κ3) is 4.76. The zero-order valence-corrected chi connectivity index (χ0v) is 19.2. The number of thioether (sulfide) groups is 1. The predicted molar refractivity (Wildman–Crippen MR) is 125 cm³/mol. The van der Waals surface area contributed by atoms with Gasteiger partial charge in [-0.1, -0.05) is 41.6 Å². The second kappa shape index (κ2) is 9.67. The normalized spacial score (nSPS) is 15.1. The third-order valence-electron chi connectivity index (χ3n) is 5.08. The quantitative estimate of drug-likeness (QED) is 0.386. The molecule has 1 aliphatic rings. The van der Waals surface area contributed by atoms with Crippen LogP contribution in [0.15, 0.2) is 52.4 Å². The number of H-pyrrole nitrogens is 1. The maximum atomic E-state index is 13.0. The van der Waals surface area contributed by atoms with Gasteiger partial charge >= 0.3 is 0 Å². The number of nitrogens with zero attached hydrogens (tertiary/aromatic N) is 1. The van der Waals surface area contributed by atoms with Crippen molar-refractivity contribution in [2.75, 3.05) is 19.0 Å². The van der Waals surface area contributed by atoms with E-state index in [1.165, 1.54) is 11.8 Å². The van der Waals surface area contributed by atoms with Crippen molar-refractivity contribution in [3.05, 3.63) is 74.5 Å². The van der Waals surface area contributed by atoms with Gasteiger partial charge in [-0.15, -0.1) is 0 Å². The van der Waals surface area contributed by atoms with Gasteiger partial charge in [-0.25, -0.2) is 4.98 Å². The number of ether oxygens (including phenoxy) is 2. The zero-order chi connectivity index (χ0) is 22.7. The van der Waals surface area contributed by atoms with Gasteiger partial charge in [0.05, 0.1) is 19.3 Å². The molecule has 0 saturated heterocycles. The van der Waals surface area contributed by atoms with Crippen molar-refractivity contribution in [2.24, 2.45) is 0 Å². The van der Waals surface area contributed by atoms with Crippen molar-refractivity contribution in [1.82, 2.24) is 9.97 Å². The molecule has 7 nitrogen and oxygen atoms in total. The summed E-state index contributed by atoms with van der Waals surface area (Å²) < 4.78 is 11.0. The minimum atomic E-state index is -0.438. The molecule has 2 N–H and O–H groups in total. The lowest BCUT2D eigenvalue weighted by Gasteiger charge is -2.25. The van der Waals surface area contributed by atoms with Crippen LogP contribution >= 0.6 is 23.4 Å². The fourth-order valence-corrected chi connectivity index (χ4v) is 4.68. The van der Waals surface area contributed by atoms with Crippen LogP contribution in [0.1, 0.15) is 36.0 Å². The summed E-state index contributed by atoms with van der Waals surface area (Å²) in [6, 6.07) is 12.9. The first kappa shape index (κ1) is 22.2. The van der Waals surface area contributed by atoms with Crippen molar-refractivity contribution in [3.63, 3.8) is 0 Å². The lowest BCUT2D eigenvalue weighted by Crippen LogP contribution is -2.31. The average molecular weight is 472 g/mol. The van der Waals surface area contributed by atoms with Crippen LogP contribution in [0.2, 0.25) is 5.02 Å².